The second-order valence-electron chi connectivity index (χ2n) is 4.99. The van der Waals surface area contributed by atoms with Gasteiger partial charge in [0.2, 0.25) is 0 Å². The van der Waals surface area contributed by atoms with Crippen molar-refractivity contribution in [2.45, 2.75) is 0 Å². The van der Waals surface area contributed by atoms with Crippen LogP contribution in [0.4, 0.5) is 5.69 Å². The van der Waals surface area contributed by atoms with Crippen molar-refractivity contribution in [2.24, 2.45) is 0 Å². The molecule has 0 radical (unpaired) electrons. The number of benzene rings is 2. The lowest BCUT2D eigenvalue weighted by atomic mass is 9.99. The second kappa shape index (κ2) is 5.93. The summed E-state index contributed by atoms with van der Waals surface area (Å²) in [7, 11) is 0. The van der Waals surface area contributed by atoms with Crippen molar-refractivity contribution in [3.63, 3.8) is 0 Å². The van der Waals surface area contributed by atoms with Gasteiger partial charge in [-0.3, -0.25) is 0 Å². The quantitative estimate of drug-likeness (QED) is 0.841. The van der Waals surface area contributed by atoms with Crippen molar-refractivity contribution in [1.29, 1.82) is 0 Å². The molecule has 0 saturated carbocycles. The number of hydrogen-bond acceptors (Lipinski definition) is 2. The Balaban J connectivity index is 1.77. The first-order chi connectivity index (χ1) is 9.84. The first-order valence-electron chi connectivity index (χ1n) is 7.02. The summed E-state index contributed by atoms with van der Waals surface area (Å²) in [6, 6.07) is 19.0. The molecular weight excluding hydrogens is 246 g/mol. The fourth-order valence-corrected chi connectivity index (χ4v) is 2.50. The molecular formula is C18H19NO. The predicted octanol–water partition coefficient (Wildman–Crippen LogP) is 3.58. The van der Waals surface area contributed by atoms with E-state index >= 15 is 0 Å². The fourth-order valence-electron chi connectivity index (χ4n) is 2.50. The molecule has 102 valence electrons. The standard InChI is InChI=1S/C18H19NO/c1-15(16-5-3-2-4-6-16)17-7-9-18(10-8-17)19-11-13-20-14-12-19/h2-10H,1,11-14H2. The molecule has 2 aromatic rings. The van der Waals surface area contributed by atoms with Gasteiger partial charge in [0, 0.05) is 18.8 Å². The van der Waals surface area contributed by atoms with Crippen molar-refractivity contribution < 1.29 is 4.74 Å². The Hall–Kier alpha value is -2.06. The monoisotopic (exact) mass is 265 g/mol. The number of nitrogens with zero attached hydrogens (tertiary/aromatic N) is 1. The zero-order chi connectivity index (χ0) is 13.8. The van der Waals surface area contributed by atoms with Gasteiger partial charge in [-0.15, -0.1) is 0 Å². The van der Waals surface area contributed by atoms with Crippen LogP contribution < -0.4 is 4.90 Å². The summed E-state index contributed by atoms with van der Waals surface area (Å²) < 4.78 is 5.39. The van der Waals surface area contributed by atoms with Gasteiger partial charge in [0.1, 0.15) is 0 Å². The van der Waals surface area contributed by atoms with E-state index in [1.807, 2.05) is 18.2 Å². The number of ether oxygens (including phenoxy) is 1. The van der Waals surface area contributed by atoms with Gasteiger partial charge in [-0.1, -0.05) is 49.0 Å². The molecule has 2 aromatic carbocycles. The predicted molar refractivity (Wildman–Crippen MR) is 84.1 cm³/mol. The summed E-state index contributed by atoms with van der Waals surface area (Å²) in [5.74, 6) is 0. The highest BCUT2D eigenvalue weighted by Gasteiger charge is 2.11. The molecule has 0 N–H and O–H groups in total. The van der Waals surface area contributed by atoms with Crippen molar-refractivity contribution in [3.05, 3.63) is 72.3 Å². The molecule has 0 spiro atoms. The Labute approximate surface area is 120 Å². The molecule has 0 aromatic heterocycles. The first kappa shape index (κ1) is 12.9. The van der Waals surface area contributed by atoms with Crippen molar-refractivity contribution in [3.8, 4) is 0 Å². The summed E-state index contributed by atoms with van der Waals surface area (Å²) in [6.07, 6.45) is 0. The first-order valence-corrected chi connectivity index (χ1v) is 7.02. The van der Waals surface area contributed by atoms with Gasteiger partial charge in [-0.25, -0.2) is 0 Å². The summed E-state index contributed by atoms with van der Waals surface area (Å²) in [4.78, 5) is 2.36. The van der Waals surface area contributed by atoms with Gasteiger partial charge in [-0.2, -0.15) is 0 Å². The van der Waals surface area contributed by atoms with Crippen LogP contribution in [0, 0.1) is 0 Å². The molecule has 0 aliphatic carbocycles. The number of anilines is 1. The second-order valence-corrected chi connectivity index (χ2v) is 4.99. The van der Waals surface area contributed by atoms with Crippen LogP contribution in [0.2, 0.25) is 0 Å². The minimum Gasteiger partial charge on any atom is -0.378 e. The van der Waals surface area contributed by atoms with E-state index in [2.05, 4.69) is 47.9 Å². The van der Waals surface area contributed by atoms with Crippen LogP contribution in [0.15, 0.2) is 61.2 Å². The molecule has 1 heterocycles. The molecule has 0 atom stereocenters. The molecule has 0 unspecified atom stereocenters. The van der Waals surface area contributed by atoms with Crippen LogP contribution in [0.3, 0.4) is 0 Å². The summed E-state index contributed by atoms with van der Waals surface area (Å²) in [5, 5.41) is 0. The normalized spacial score (nSPS) is 15.1. The Morgan fingerprint density at radius 3 is 2.10 bits per heavy atom. The highest BCUT2D eigenvalue weighted by Crippen LogP contribution is 2.24. The number of hydrogen-bond donors (Lipinski definition) is 0. The fraction of sp³-hybridized carbons (Fsp3) is 0.222. The van der Waals surface area contributed by atoms with E-state index in [0.717, 1.165) is 31.9 Å². The van der Waals surface area contributed by atoms with E-state index in [4.69, 9.17) is 4.74 Å². The third-order valence-corrected chi connectivity index (χ3v) is 3.71. The third kappa shape index (κ3) is 2.75. The third-order valence-electron chi connectivity index (χ3n) is 3.71. The molecule has 20 heavy (non-hydrogen) atoms. The summed E-state index contributed by atoms with van der Waals surface area (Å²) >= 11 is 0. The van der Waals surface area contributed by atoms with Crippen LogP contribution in [-0.2, 0) is 4.74 Å². The molecule has 1 aliphatic heterocycles. The molecule has 0 bridgehead atoms. The Morgan fingerprint density at radius 2 is 1.45 bits per heavy atom. The number of rotatable bonds is 3. The van der Waals surface area contributed by atoms with E-state index < -0.39 is 0 Å². The molecule has 2 nitrogen and oxygen atoms in total. The maximum atomic E-state index is 5.39. The van der Waals surface area contributed by atoms with Crippen LogP contribution >= 0.6 is 0 Å². The van der Waals surface area contributed by atoms with Crippen LogP contribution in [0.5, 0.6) is 0 Å². The van der Waals surface area contributed by atoms with Crippen molar-refractivity contribution >= 4 is 11.3 Å². The minimum absolute atomic E-state index is 0.818. The van der Waals surface area contributed by atoms with E-state index in [1.54, 1.807) is 0 Å². The average molecular weight is 265 g/mol. The topological polar surface area (TPSA) is 12.5 Å². The maximum Gasteiger partial charge on any atom is 0.0642 e. The Bertz CT molecular complexity index is 568. The molecule has 2 heteroatoms. The van der Waals surface area contributed by atoms with E-state index in [1.165, 1.54) is 16.8 Å². The van der Waals surface area contributed by atoms with E-state index in [9.17, 15) is 0 Å². The van der Waals surface area contributed by atoms with Crippen LogP contribution in [0.1, 0.15) is 11.1 Å². The van der Waals surface area contributed by atoms with Crippen molar-refractivity contribution in [2.75, 3.05) is 31.2 Å². The smallest absolute Gasteiger partial charge is 0.0642 e. The average Bonchev–Trinajstić information content (AvgIpc) is 2.56. The maximum absolute atomic E-state index is 5.39. The largest absolute Gasteiger partial charge is 0.378 e. The van der Waals surface area contributed by atoms with Gasteiger partial charge in [0.05, 0.1) is 13.2 Å². The SMILES string of the molecule is C=C(c1ccccc1)c1ccc(N2CCOCC2)cc1. The van der Waals surface area contributed by atoms with Crippen molar-refractivity contribution in [1.82, 2.24) is 0 Å². The molecule has 1 fully saturated rings. The summed E-state index contributed by atoms with van der Waals surface area (Å²) in [6.45, 7) is 7.78. The molecule has 0 amide bonds. The highest BCUT2D eigenvalue weighted by molar-refractivity contribution is 5.78. The molecule has 1 saturated heterocycles. The van der Waals surface area contributed by atoms with Crippen LogP contribution in [-0.4, -0.2) is 26.3 Å². The Morgan fingerprint density at radius 1 is 0.850 bits per heavy atom. The molecule has 1 aliphatic rings. The highest BCUT2D eigenvalue weighted by atomic mass is 16.5. The van der Waals surface area contributed by atoms with Gasteiger partial charge in [0.25, 0.3) is 0 Å². The van der Waals surface area contributed by atoms with Gasteiger partial charge >= 0.3 is 0 Å². The lowest BCUT2D eigenvalue weighted by Crippen LogP contribution is -2.36. The lowest BCUT2D eigenvalue weighted by Gasteiger charge is -2.29. The Kier molecular flexibility index (Phi) is 3.84. The van der Waals surface area contributed by atoms with E-state index in [-0.39, 0.29) is 0 Å². The lowest BCUT2D eigenvalue weighted by molar-refractivity contribution is 0.122. The van der Waals surface area contributed by atoms with Crippen LogP contribution in [0.25, 0.3) is 5.57 Å². The van der Waals surface area contributed by atoms with Gasteiger partial charge in [0.15, 0.2) is 0 Å². The zero-order valence-corrected chi connectivity index (χ0v) is 11.6. The van der Waals surface area contributed by atoms with Gasteiger partial charge < -0.3 is 9.64 Å². The number of morpholine rings is 1. The van der Waals surface area contributed by atoms with E-state index in [0.29, 0.717) is 0 Å². The van der Waals surface area contributed by atoms with Gasteiger partial charge in [-0.05, 0) is 28.8 Å². The summed E-state index contributed by atoms with van der Waals surface area (Å²) in [5.41, 5.74) is 4.68. The zero-order valence-electron chi connectivity index (χ0n) is 11.6. The minimum atomic E-state index is 0.818. The molecule has 3 rings (SSSR count).